The number of carbonyl (C=O) groups excluding carboxylic acids is 2. The molecule has 92 valence electrons. The van der Waals surface area contributed by atoms with Gasteiger partial charge < -0.3 is 0 Å². The maximum atomic E-state index is 12.1. The van der Waals surface area contributed by atoms with Crippen LogP contribution in [0.3, 0.4) is 0 Å². The van der Waals surface area contributed by atoms with Crippen molar-refractivity contribution >= 4 is 34.2 Å². The summed E-state index contributed by atoms with van der Waals surface area (Å²) < 4.78 is 0. The van der Waals surface area contributed by atoms with Gasteiger partial charge in [0.25, 0.3) is 5.91 Å². The Morgan fingerprint density at radius 1 is 1.39 bits per heavy atom. The average Bonchev–Trinajstić information content (AvgIpc) is 2.86. The second kappa shape index (κ2) is 3.74. The standard InChI is InChI=1S/C11H10N4O2S/c1-5-9-10(11(17)15(5)14-6(2)16)13-8-4-18-3-7(8)12-9/h3-5H,1-2H3,(H,14,16). The molecule has 1 atom stereocenters. The van der Waals surface area contributed by atoms with Crippen LogP contribution in [0.4, 0.5) is 0 Å². The molecule has 2 aromatic rings. The van der Waals surface area contributed by atoms with Crippen LogP contribution >= 0.6 is 11.3 Å². The van der Waals surface area contributed by atoms with Crippen LogP contribution in [0.1, 0.15) is 36.1 Å². The number of aromatic nitrogens is 2. The lowest BCUT2D eigenvalue weighted by molar-refractivity contribution is -0.123. The number of thiophene rings is 1. The Bertz CT molecular complexity index is 666. The minimum absolute atomic E-state index is 0.288. The second-order valence-electron chi connectivity index (χ2n) is 4.12. The number of nitrogens with one attached hydrogen (secondary N) is 1. The molecule has 0 aliphatic carbocycles. The van der Waals surface area contributed by atoms with Gasteiger partial charge in [-0.05, 0) is 6.92 Å². The monoisotopic (exact) mass is 262 g/mol. The molecule has 7 heteroatoms. The van der Waals surface area contributed by atoms with Crippen molar-refractivity contribution in [3.05, 3.63) is 22.1 Å². The van der Waals surface area contributed by atoms with Gasteiger partial charge in [0.1, 0.15) is 5.52 Å². The van der Waals surface area contributed by atoms with E-state index in [1.807, 2.05) is 17.7 Å². The van der Waals surface area contributed by atoms with Gasteiger partial charge in [-0.3, -0.25) is 15.0 Å². The van der Waals surface area contributed by atoms with Gasteiger partial charge in [-0.1, -0.05) is 0 Å². The molecular weight excluding hydrogens is 252 g/mol. The van der Waals surface area contributed by atoms with Crippen molar-refractivity contribution in [3.8, 4) is 0 Å². The highest BCUT2D eigenvalue weighted by Crippen LogP contribution is 2.31. The summed E-state index contributed by atoms with van der Waals surface area (Å²) in [5.74, 6) is -0.600. The number of carbonyl (C=O) groups is 2. The van der Waals surface area contributed by atoms with Crippen molar-refractivity contribution < 1.29 is 9.59 Å². The van der Waals surface area contributed by atoms with E-state index in [4.69, 9.17) is 0 Å². The van der Waals surface area contributed by atoms with Gasteiger partial charge in [-0.15, -0.1) is 11.3 Å². The zero-order chi connectivity index (χ0) is 12.9. The number of nitrogens with zero attached hydrogens (tertiary/aromatic N) is 3. The molecule has 0 spiro atoms. The number of hydrazine groups is 1. The van der Waals surface area contributed by atoms with Crippen LogP contribution in [0.25, 0.3) is 11.0 Å². The Labute approximate surface area is 107 Å². The summed E-state index contributed by atoms with van der Waals surface area (Å²) in [4.78, 5) is 32.0. The van der Waals surface area contributed by atoms with Crippen LogP contribution in [0.2, 0.25) is 0 Å². The topological polar surface area (TPSA) is 75.2 Å². The number of hydrogen-bond acceptors (Lipinski definition) is 5. The van der Waals surface area contributed by atoms with Crippen molar-refractivity contribution in [1.29, 1.82) is 0 Å². The Morgan fingerprint density at radius 2 is 2.06 bits per heavy atom. The largest absolute Gasteiger partial charge is 0.293 e. The van der Waals surface area contributed by atoms with E-state index in [2.05, 4.69) is 15.4 Å². The predicted octanol–water partition coefficient (Wildman–Crippen LogP) is 1.26. The van der Waals surface area contributed by atoms with E-state index in [9.17, 15) is 9.59 Å². The molecule has 1 aliphatic heterocycles. The second-order valence-corrected chi connectivity index (χ2v) is 4.86. The molecule has 18 heavy (non-hydrogen) atoms. The summed E-state index contributed by atoms with van der Waals surface area (Å²) in [6.07, 6.45) is 0. The average molecular weight is 262 g/mol. The van der Waals surface area contributed by atoms with E-state index >= 15 is 0 Å². The number of amides is 2. The van der Waals surface area contributed by atoms with Gasteiger partial charge in [0, 0.05) is 17.7 Å². The smallest absolute Gasteiger partial charge is 0.274 e. The Morgan fingerprint density at radius 3 is 2.72 bits per heavy atom. The molecule has 0 saturated heterocycles. The molecule has 0 saturated carbocycles. The molecule has 2 amide bonds. The summed E-state index contributed by atoms with van der Waals surface area (Å²) in [7, 11) is 0. The molecule has 1 aliphatic rings. The van der Waals surface area contributed by atoms with Gasteiger partial charge in [-0.25, -0.2) is 15.0 Å². The molecule has 1 N–H and O–H groups in total. The molecule has 6 nitrogen and oxygen atoms in total. The van der Waals surface area contributed by atoms with Crippen molar-refractivity contribution in [2.75, 3.05) is 0 Å². The molecule has 0 radical (unpaired) electrons. The third kappa shape index (κ3) is 1.47. The van der Waals surface area contributed by atoms with Crippen molar-refractivity contribution in [1.82, 2.24) is 20.4 Å². The van der Waals surface area contributed by atoms with Crippen LogP contribution in [-0.4, -0.2) is 26.8 Å². The molecule has 1 unspecified atom stereocenters. The highest BCUT2D eigenvalue weighted by Gasteiger charge is 2.38. The van der Waals surface area contributed by atoms with Crippen molar-refractivity contribution in [3.63, 3.8) is 0 Å². The lowest BCUT2D eigenvalue weighted by Crippen LogP contribution is -2.42. The Hall–Kier alpha value is -2.02. The predicted molar refractivity (Wildman–Crippen MR) is 65.8 cm³/mol. The van der Waals surface area contributed by atoms with Gasteiger partial charge >= 0.3 is 0 Å². The first kappa shape index (κ1) is 11.1. The minimum Gasteiger partial charge on any atom is -0.274 e. The van der Waals surface area contributed by atoms with E-state index < -0.39 is 0 Å². The lowest BCUT2D eigenvalue weighted by atomic mass is 10.2. The van der Waals surface area contributed by atoms with E-state index in [0.29, 0.717) is 16.9 Å². The van der Waals surface area contributed by atoms with Gasteiger partial charge in [0.05, 0.1) is 17.3 Å². The third-order valence-corrected chi connectivity index (χ3v) is 3.54. The van der Waals surface area contributed by atoms with Gasteiger partial charge in [-0.2, -0.15) is 0 Å². The first-order valence-corrected chi connectivity index (χ1v) is 6.37. The molecule has 3 heterocycles. The maximum Gasteiger partial charge on any atom is 0.293 e. The van der Waals surface area contributed by atoms with Crippen LogP contribution < -0.4 is 5.43 Å². The number of fused-ring (bicyclic) bond motifs is 2. The Balaban J connectivity index is 2.11. The van der Waals surface area contributed by atoms with Gasteiger partial charge in [0.2, 0.25) is 5.91 Å². The van der Waals surface area contributed by atoms with Crippen LogP contribution in [-0.2, 0) is 4.79 Å². The molecule has 0 aromatic carbocycles. The number of hydrogen-bond donors (Lipinski definition) is 1. The number of rotatable bonds is 1. The zero-order valence-electron chi connectivity index (χ0n) is 9.80. The van der Waals surface area contributed by atoms with Crippen molar-refractivity contribution in [2.45, 2.75) is 19.9 Å². The van der Waals surface area contributed by atoms with E-state index in [1.165, 1.54) is 23.3 Å². The van der Waals surface area contributed by atoms with E-state index in [-0.39, 0.29) is 17.9 Å². The summed E-state index contributed by atoms with van der Waals surface area (Å²) in [6.45, 7) is 3.18. The first-order valence-electron chi connectivity index (χ1n) is 5.42. The zero-order valence-corrected chi connectivity index (χ0v) is 10.6. The molecule has 3 rings (SSSR count). The summed E-state index contributed by atoms with van der Waals surface area (Å²) in [5, 5.41) is 5.01. The first-order chi connectivity index (χ1) is 8.58. The minimum atomic E-state index is -0.312. The lowest BCUT2D eigenvalue weighted by Gasteiger charge is -2.20. The fourth-order valence-corrected chi connectivity index (χ4v) is 2.66. The quantitative estimate of drug-likeness (QED) is 0.839. The normalized spacial score (nSPS) is 18.2. The highest BCUT2D eigenvalue weighted by molar-refractivity contribution is 7.09. The maximum absolute atomic E-state index is 12.1. The molecular formula is C11H10N4O2S. The SMILES string of the molecule is CC(=O)NN1C(=O)c2nc3cscc3nc2C1C. The Kier molecular flexibility index (Phi) is 2.30. The van der Waals surface area contributed by atoms with Gasteiger partial charge in [0.15, 0.2) is 5.69 Å². The van der Waals surface area contributed by atoms with E-state index in [0.717, 1.165) is 5.52 Å². The van der Waals surface area contributed by atoms with Crippen LogP contribution in [0, 0.1) is 0 Å². The molecule has 2 aromatic heterocycles. The summed E-state index contributed by atoms with van der Waals surface area (Å²) >= 11 is 1.50. The van der Waals surface area contributed by atoms with Crippen LogP contribution in [0.5, 0.6) is 0 Å². The summed E-state index contributed by atoms with van der Waals surface area (Å²) in [6, 6.07) is -0.298. The fourth-order valence-electron chi connectivity index (χ4n) is 1.99. The molecule has 0 fully saturated rings. The third-order valence-electron chi connectivity index (χ3n) is 2.82. The summed E-state index contributed by atoms with van der Waals surface area (Å²) in [5.41, 5.74) is 4.93. The van der Waals surface area contributed by atoms with E-state index in [1.54, 1.807) is 0 Å². The van der Waals surface area contributed by atoms with Crippen molar-refractivity contribution in [2.24, 2.45) is 0 Å². The molecule has 0 bridgehead atoms. The fraction of sp³-hybridized carbons (Fsp3) is 0.273. The highest BCUT2D eigenvalue weighted by atomic mass is 32.1. The van der Waals surface area contributed by atoms with Crippen LogP contribution in [0.15, 0.2) is 10.8 Å².